The van der Waals surface area contributed by atoms with Crippen molar-refractivity contribution >= 4 is 34.8 Å². The second-order valence-corrected chi connectivity index (χ2v) is 6.36. The van der Waals surface area contributed by atoms with E-state index in [-0.39, 0.29) is 18.0 Å². The molecule has 1 aliphatic carbocycles. The van der Waals surface area contributed by atoms with E-state index in [1.807, 2.05) is 0 Å². The zero-order chi connectivity index (χ0) is 18.9. The molecule has 26 heavy (non-hydrogen) atoms. The first kappa shape index (κ1) is 18.3. The lowest BCUT2D eigenvalue weighted by Gasteiger charge is -2.13. The topological polar surface area (TPSA) is 58.2 Å². The number of amides is 2. The van der Waals surface area contributed by atoms with Crippen molar-refractivity contribution in [1.29, 1.82) is 0 Å². The van der Waals surface area contributed by atoms with Crippen molar-refractivity contribution in [2.24, 2.45) is 11.8 Å². The molecule has 1 aliphatic rings. The number of hydrogen-bond donors (Lipinski definition) is 2. The van der Waals surface area contributed by atoms with Gasteiger partial charge >= 0.3 is 6.18 Å². The second-order valence-electron chi connectivity index (χ2n) is 5.95. The van der Waals surface area contributed by atoms with Gasteiger partial charge in [0, 0.05) is 0 Å². The van der Waals surface area contributed by atoms with Crippen LogP contribution in [-0.2, 0) is 15.8 Å². The highest BCUT2D eigenvalue weighted by atomic mass is 35.5. The van der Waals surface area contributed by atoms with E-state index in [4.69, 9.17) is 11.6 Å². The van der Waals surface area contributed by atoms with E-state index in [0.29, 0.717) is 10.7 Å². The van der Waals surface area contributed by atoms with Gasteiger partial charge in [-0.1, -0.05) is 35.9 Å². The summed E-state index contributed by atoms with van der Waals surface area (Å²) in [4.78, 5) is 24.4. The number of benzene rings is 2. The fraction of sp³-hybridized carbons (Fsp3) is 0.222. The van der Waals surface area contributed by atoms with Crippen LogP contribution in [0.5, 0.6) is 0 Å². The molecule has 2 aromatic carbocycles. The van der Waals surface area contributed by atoms with E-state index in [9.17, 15) is 22.8 Å². The van der Waals surface area contributed by atoms with Gasteiger partial charge in [0.15, 0.2) is 0 Å². The standard InChI is InChI=1S/C18H14ClF3N2O2/c19-13-6-2-4-8-15(13)24-17(26)11-9-10(11)16(25)23-14-7-3-1-5-12(14)18(20,21)22/h1-8,10-11H,9H2,(H,23,25)(H,24,26). The third-order valence-corrected chi connectivity index (χ3v) is 4.42. The lowest BCUT2D eigenvalue weighted by Crippen LogP contribution is -2.22. The van der Waals surface area contributed by atoms with Gasteiger partial charge in [-0.15, -0.1) is 0 Å². The summed E-state index contributed by atoms with van der Waals surface area (Å²) in [5, 5.41) is 5.26. The van der Waals surface area contributed by atoms with Gasteiger partial charge in [0.05, 0.1) is 33.8 Å². The average Bonchev–Trinajstić information content (AvgIpc) is 3.37. The van der Waals surface area contributed by atoms with Gasteiger partial charge in [-0.05, 0) is 30.7 Å². The minimum Gasteiger partial charge on any atom is -0.325 e. The van der Waals surface area contributed by atoms with E-state index in [2.05, 4.69) is 10.6 Å². The summed E-state index contributed by atoms with van der Waals surface area (Å²) in [5.74, 6) is -2.26. The number of carbonyl (C=O) groups excluding carboxylic acids is 2. The first-order valence-corrected chi connectivity index (χ1v) is 8.17. The molecule has 0 bridgehead atoms. The molecule has 2 aromatic rings. The highest BCUT2D eigenvalue weighted by molar-refractivity contribution is 6.33. The fourth-order valence-electron chi connectivity index (χ4n) is 2.63. The Hall–Kier alpha value is -2.54. The van der Waals surface area contributed by atoms with Gasteiger partial charge in [0.25, 0.3) is 0 Å². The Morgan fingerprint density at radius 2 is 1.38 bits per heavy atom. The van der Waals surface area contributed by atoms with E-state index < -0.39 is 29.5 Å². The van der Waals surface area contributed by atoms with Crippen molar-refractivity contribution in [2.45, 2.75) is 12.6 Å². The summed E-state index contributed by atoms with van der Waals surface area (Å²) in [7, 11) is 0. The van der Waals surface area contributed by atoms with Gasteiger partial charge in [0.1, 0.15) is 0 Å². The molecule has 0 saturated heterocycles. The van der Waals surface area contributed by atoms with Gasteiger partial charge in [0.2, 0.25) is 11.8 Å². The molecule has 1 fully saturated rings. The van der Waals surface area contributed by atoms with Crippen LogP contribution >= 0.6 is 11.6 Å². The maximum Gasteiger partial charge on any atom is 0.418 e. The normalized spacial score (nSPS) is 18.9. The minimum atomic E-state index is -4.58. The quantitative estimate of drug-likeness (QED) is 0.813. The summed E-state index contributed by atoms with van der Waals surface area (Å²) in [6, 6.07) is 11.4. The molecule has 4 nitrogen and oxygen atoms in total. The van der Waals surface area contributed by atoms with Gasteiger partial charge in [-0.25, -0.2) is 0 Å². The first-order valence-electron chi connectivity index (χ1n) is 7.80. The van der Waals surface area contributed by atoms with Crippen LogP contribution in [0.4, 0.5) is 24.5 Å². The minimum absolute atomic E-state index is 0.274. The van der Waals surface area contributed by atoms with E-state index in [0.717, 1.165) is 6.07 Å². The Morgan fingerprint density at radius 3 is 1.96 bits per heavy atom. The molecule has 2 N–H and O–H groups in total. The van der Waals surface area contributed by atoms with Crippen LogP contribution in [-0.4, -0.2) is 11.8 Å². The maximum absolute atomic E-state index is 13.0. The molecular weight excluding hydrogens is 369 g/mol. The van der Waals surface area contributed by atoms with Crippen LogP contribution in [0.1, 0.15) is 12.0 Å². The molecular formula is C18H14ClF3N2O2. The lowest BCUT2D eigenvalue weighted by atomic mass is 10.1. The molecule has 3 rings (SSSR count). The Morgan fingerprint density at radius 1 is 0.885 bits per heavy atom. The zero-order valence-corrected chi connectivity index (χ0v) is 14.1. The van der Waals surface area contributed by atoms with Crippen LogP contribution in [0, 0.1) is 11.8 Å². The number of para-hydroxylation sites is 2. The van der Waals surface area contributed by atoms with Crippen molar-refractivity contribution in [3.05, 3.63) is 59.1 Å². The Kier molecular flexibility index (Phi) is 4.91. The van der Waals surface area contributed by atoms with Crippen molar-refractivity contribution in [1.82, 2.24) is 0 Å². The van der Waals surface area contributed by atoms with Gasteiger partial charge in [-0.3, -0.25) is 9.59 Å². The molecule has 8 heteroatoms. The molecule has 136 valence electrons. The van der Waals surface area contributed by atoms with Gasteiger partial charge < -0.3 is 10.6 Å². The van der Waals surface area contributed by atoms with E-state index >= 15 is 0 Å². The smallest absolute Gasteiger partial charge is 0.325 e. The Bertz CT molecular complexity index is 854. The van der Waals surface area contributed by atoms with Gasteiger partial charge in [-0.2, -0.15) is 13.2 Å². The van der Waals surface area contributed by atoms with Crippen molar-refractivity contribution in [3.63, 3.8) is 0 Å². The molecule has 0 heterocycles. The zero-order valence-electron chi connectivity index (χ0n) is 13.3. The Labute approximate surface area is 152 Å². The largest absolute Gasteiger partial charge is 0.418 e. The average molecular weight is 383 g/mol. The monoisotopic (exact) mass is 382 g/mol. The van der Waals surface area contributed by atoms with Crippen LogP contribution < -0.4 is 10.6 Å². The summed E-state index contributed by atoms with van der Waals surface area (Å²) < 4.78 is 38.9. The van der Waals surface area contributed by atoms with Crippen LogP contribution in [0.2, 0.25) is 5.02 Å². The summed E-state index contributed by atoms with van der Waals surface area (Å²) in [6.07, 6.45) is -4.30. The molecule has 0 spiro atoms. The van der Waals surface area contributed by atoms with E-state index in [1.54, 1.807) is 24.3 Å². The predicted molar refractivity (Wildman–Crippen MR) is 91.8 cm³/mol. The number of carbonyl (C=O) groups is 2. The lowest BCUT2D eigenvalue weighted by molar-refractivity contribution is -0.137. The van der Waals surface area contributed by atoms with Crippen LogP contribution in [0.15, 0.2) is 48.5 Å². The molecule has 2 unspecified atom stereocenters. The third-order valence-electron chi connectivity index (χ3n) is 4.09. The number of hydrogen-bond acceptors (Lipinski definition) is 2. The number of alkyl halides is 3. The molecule has 0 radical (unpaired) electrons. The fourth-order valence-corrected chi connectivity index (χ4v) is 2.81. The summed E-state index contributed by atoms with van der Waals surface area (Å²) in [5.41, 5.74) is -0.819. The SMILES string of the molecule is O=C(Nc1ccccc1Cl)C1CC1C(=O)Nc1ccccc1C(F)(F)F. The number of rotatable bonds is 4. The van der Waals surface area contributed by atoms with Crippen molar-refractivity contribution in [2.75, 3.05) is 10.6 Å². The highest BCUT2D eigenvalue weighted by Crippen LogP contribution is 2.42. The highest BCUT2D eigenvalue weighted by Gasteiger charge is 2.48. The predicted octanol–water partition coefficient (Wildman–Crippen LogP) is 4.57. The maximum atomic E-state index is 13.0. The summed E-state index contributed by atoms with van der Waals surface area (Å²) >= 11 is 5.96. The van der Waals surface area contributed by atoms with Crippen molar-refractivity contribution < 1.29 is 22.8 Å². The molecule has 0 aromatic heterocycles. The first-order chi connectivity index (χ1) is 12.3. The Balaban J connectivity index is 1.63. The molecule has 0 aliphatic heterocycles. The molecule has 2 atom stereocenters. The third kappa shape index (κ3) is 3.99. The number of anilines is 2. The number of nitrogens with one attached hydrogen (secondary N) is 2. The van der Waals surface area contributed by atoms with Crippen LogP contribution in [0.25, 0.3) is 0 Å². The molecule has 1 saturated carbocycles. The number of halogens is 4. The second kappa shape index (κ2) is 6.99. The van der Waals surface area contributed by atoms with Crippen molar-refractivity contribution in [3.8, 4) is 0 Å². The van der Waals surface area contributed by atoms with Crippen LogP contribution in [0.3, 0.4) is 0 Å². The van der Waals surface area contributed by atoms with E-state index in [1.165, 1.54) is 18.2 Å². The summed E-state index contributed by atoms with van der Waals surface area (Å²) in [6.45, 7) is 0. The molecule has 2 amide bonds.